The van der Waals surface area contributed by atoms with E-state index in [9.17, 15) is 18.0 Å². The summed E-state index contributed by atoms with van der Waals surface area (Å²) >= 11 is 0. The molecule has 23 heavy (non-hydrogen) atoms. The molecule has 0 unspecified atom stereocenters. The number of rotatable bonds is 3. The highest BCUT2D eigenvalue weighted by molar-refractivity contribution is 5.84. The summed E-state index contributed by atoms with van der Waals surface area (Å²) in [4.78, 5) is 11.6. The Morgan fingerprint density at radius 1 is 1.17 bits per heavy atom. The van der Waals surface area contributed by atoms with E-state index in [4.69, 9.17) is 10.00 Å². The summed E-state index contributed by atoms with van der Waals surface area (Å²) in [5, 5.41) is 10.9. The van der Waals surface area contributed by atoms with E-state index >= 15 is 0 Å². The van der Waals surface area contributed by atoms with Crippen molar-refractivity contribution in [2.24, 2.45) is 0 Å². The van der Waals surface area contributed by atoms with Crippen LogP contribution in [0.4, 0.5) is 23.7 Å². The molecule has 4 nitrogen and oxygen atoms in total. The van der Waals surface area contributed by atoms with Gasteiger partial charge in [-0.05, 0) is 23.8 Å². The molecule has 0 aliphatic rings. The molecular weight excluding hydrogens is 309 g/mol. The van der Waals surface area contributed by atoms with Gasteiger partial charge in [-0.15, -0.1) is 0 Å². The number of nitriles is 1. The molecule has 1 N–H and O–H groups in total. The lowest BCUT2D eigenvalue weighted by Gasteiger charge is -2.12. The van der Waals surface area contributed by atoms with Crippen LogP contribution in [0.3, 0.4) is 0 Å². The number of hydrogen-bond donors (Lipinski definition) is 1. The van der Waals surface area contributed by atoms with Crippen molar-refractivity contribution < 1.29 is 22.7 Å². The first-order valence-corrected chi connectivity index (χ1v) is 6.49. The molecular formula is C16H11F3N2O2. The van der Waals surface area contributed by atoms with Gasteiger partial charge in [-0.25, -0.2) is 4.79 Å². The highest BCUT2D eigenvalue weighted by atomic mass is 19.4. The van der Waals surface area contributed by atoms with Crippen molar-refractivity contribution in [3.63, 3.8) is 0 Å². The molecule has 118 valence electrons. The number of amides is 1. The normalized spacial score (nSPS) is 10.7. The number of benzene rings is 2. The lowest BCUT2D eigenvalue weighted by molar-refractivity contribution is -0.137. The molecule has 0 fully saturated rings. The summed E-state index contributed by atoms with van der Waals surface area (Å²) in [5.74, 6) is 0. The van der Waals surface area contributed by atoms with Crippen LogP contribution in [-0.2, 0) is 17.5 Å². The van der Waals surface area contributed by atoms with Crippen LogP contribution < -0.4 is 5.32 Å². The fourth-order valence-electron chi connectivity index (χ4n) is 1.83. The zero-order chi connectivity index (χ0) is 16.9. The van der Waals surface area contributed by atoms with E-state index in [2.05, 4.69) is 5.32 Å². The first-order valence-electron chi connectivity index (χ1n) is 6.49. The second-order valence-electron chi connectivity index (χ2n) is 4.56. The van der Waals surface area contributed by atoms with E-state index in [0.29, 0.717) is 6.07 Å². The van der Waals surface area contributed by atoms with Crippen molar-refractivity contribution in [3.8, 4) is 6.07 Å². The maximum atomic E-state index is 12.8. The van der Waals surface area contributed by atoms with Crippen molar-refractivity contribution in [2.75, 3.05) is 5.32 Å². The van der Waals surface area contributed by atoms with Gasteiger partial charge in [0, 0.05) is 5.69 Å². The van der Waals surface area contributed by atoms with Gasteiger partial charge in [0.2, 0.25) is 0 Å². The molecule has 0 aliphatic carbocycles. The fourth-order valence-corrected chi connectivity index (χ4v) is 1.83. The molecule has 0 heterocycles. The predicted octanol–water partition coefficient (Wildman–Crippen LogP) is 4.33. The number of anilines is 1. The Bertz CT molecular complexity index is 737. The Morgan fingerprint density at radius 2 is 1.87 bits per heavy atom. The van der Waals surface area contributed by atoms with Gasteiger partial charge in [-0.2, -0.15) is 18.4 Å². The van der Waals surface area contributed by atoms with E-state index in [1.807, 2.05) is 0 Å². The molecule has 0 saturated heterocycles. The van der Waals surface area contributed by atoms with E-state index < -0.39 is 23.4 Å². The number of alkyl halides is 3. The number of carbonyl (C=O) groups excluding carboxylic acids is 1. The zero-order valence-electron chi connectivity index (χ0n) is 11.7. The average molecular weight is 320 g/mol. The molecule has 2 rings (SSSR count). The van der Waals surface area contributed by atoms with Gasteiger partial charge in [0.1, 0.15) is 6.61 Å². The Morgan fingerprint density at radius 3 is 2.48 bits per heavy atom. The monoisotopic (exact) mass is 320 g/mol. The SMILES string of the molecule is N#Cc1ccc(NC(=O)OCc2ccccc2)cc1C(F)(F)F. The standard InChI is InChI=1S/C16H11F3N2O2/c17-16(18,19)14-8-13(7-6-12(14)9-20)21-15(22)23-10-11-4-2-1-3-5-11/h1-8H,10H2,(H,21,22). The van der Waals surface area contributed by atoms with E-state index in [0.717, 1.165) is 11.6 Å². The minimum Gasteiger partial charge on any atom is -0.444 e. The van der Waals surface area contributed by atoms with Gasteiger partial charge < -0.3 is 4.74 Å². The summed E-state index contributed by atoms with van der Waals surface area (Å²) < 4.78 is 43.4. The van der Waals surface area contributed by atoms with Gasteiger partial charge in [-0.3, -0.25) is 5.32 Å². The first-order chi connectivity index (χ1) is 10.9. The lowest BCUT2D eigenvalue weighted by Crippen LogP contribution is -2.15. The number of carbonyl (C=O) groups is 1. The third-order valence-corrected chi connectivity index (χ3v) is 2.90. The van der Waals surface area contributed by atoms with Gasteiger partial charge in [-0.1, -0.05) is 30.3 Å². The summed E-state index contributed by atoms with van der Waals surface area (Å²) in [5.41, 5.74) is -0.977. The number of ether oxygens (including phenoxy) is 1. The maximum absolute atomic E-state index is 12.8. The molecule has 2 aromatic rings. The largest absolute Gasteiger partial charge is 0.444 e. The predicted molar refractivity (Wildman–Crippen MR) is 76.4 cm³/mol. The van der Waals surface area contributed by atoms with Crippen molar-refractivity contribution in [3.05, 3.63) is 65.2 Å². The number of nitrogens with zero attached hydrogens (tertiary/aromatic N) is 1. The summed E-state index contributed by atoms with van der Waals surface area (Å²) in [7, 11) is 0. The minimum absolute atomic E-state index is 0.00488. The van der Waals surface area contributed by atoms with Crippen LogP contribution in [-0.4, -0.2) is 6.09 Å². The second kappa shape index (κ2) is 6.83. The number of hydrogen-bond acceptors (Lipinski definition) is 3. The first kappa shape index (κ1) is 16.4. The quantitative estimate of drug-likeness (QED) is 0.916. The summed E-state index contributed by atoms with van der Waals surface area (Å²) in [6, 6.07) is 13.2. The van der Waals surface area contributed by atoms with Crippen molar-refractivity contribution in [2.45, 2.75) is 12.8 Å². The van der Waals surface area contributed by atoms with Crippen LogP contribution in [0.5, 0.6) is 0 Å². The van der Waals surface area contributed by atoms with Crippen LogP contribution in [0, 0.1) is 11.3 Å². The Kier molecular flexibility index (Phi) is 4.86. The molecule has 7 heteroatoms. The molecule has 0 aliphatic heterocycles. The van der Waals surface area contributed by atoms with Crippen LogP contribution in [0.25, 0.3) is 0 Å². The van der Waals surface area contributed by atoms with Crippen LogP contribution in [0.1, 0.15) is 16.7 Å². The topological polar surface area (TPSA) is 62.1 Å². The van der Waals surface area contributed by atoms with Crippen LogP contribution in [0.2, 0.25) is 0 Å². The molecule has 0 atom stereocenters. The van der Waals surface area contributed by atoms with Crippen LogP contribution in [0.15, 0.2) is 48.5 Å². The minimum atomic E-state index is -4.68. The van der Waals surface area contributed by atoms with Gasteiger partial charge in [0.05, 0.1) is 17.2 Å². The van der Waals surface area contributed by atoms with E-state index in [-0.39, 0.29) is 12.3 Å². The highest BCUT2D eigenvalue weighted by Crippen LogP contribution is 2.33. The molecule has 2 aromatic carbocycles. The average Bonchev–Trinajstić information content (AvgIpc) is 2.53. The van der Waals surface area contributed by atoms with E-state index in [1.54, 1.807) is 30.3 Å². The Labute approximate surface area is 130 Å². The number of halogens is 3. The fraction of sp³-hybridized carbons (Fsp3) is 0.125. The third-order valence-electron chi connectivity index (χ3n) is 2.90. The van der Waals surface area contributed by atoms with Crippen molar-refractivity contribution in [1.29, 1.82) is 5.26 Å². The maximum Gasteiger partial charge on any atom is 0.417 e. The molecule has 0 saturated carbocycles. The van der Waals surface area contributed by atoms with Gasteiger partial charge in [0.15, 0.2) is 0 Å². The summed E-state index contributed by atoms with van der Waals surface area (Å²) in [6.45, 7) is -0.00488. The van der Waals surface area contributed by atoms with Gasteiger partial charge >= 0.3 is 12.3 Å². The molecule has 1 amide bonds. The Hall–Kier alpha value is -3.01. The lowest BCUT2D eigenvalue weighted by atomic mass is 10.1. The zero-order valence-corrected chi connectivity index (χ0v) is 11.7. The van der Waals surface area contributed by atoms with Crippen LogP contribution >= 0.6 is 0 Å². The summed E-state index contributed by atoms with van der Waals surface area (Å²) in [6.07, 6.45) is -5.57. The van der Waals surface area contributed by atoms with E-state index in [1.165, 1.54) is 12.1 Å². The van der Waals surface area contributed by atoms with Gasteiger partial charge in [0.25, 0.3) is 0 Å². The number of nitrogens with one attached hydrogen (secondary N) is 1. The molecule has 0 bridgehead atoms. The second-order valence-corrected chi connectivity index (χ2v) is 4.56. The highest BCUT2D eigenvalue weighted by Gasteiger charge is 2.34. The Balaban J connectivity index is 2.05. The molecule has 0 aromatic heterocycles. The third kappa shape index (κ3) is 4.48. The van der Waals surface area contributed by atoms with Crippen molar-refractivity contribution >= 4 is 11.8 Å². The molecule has 0 radical (unpaired) electrons. The van der Waals surface area contributed by atoms with Crippen molar-refractivity contribution in [1.82, 2.24) is 0 Å². The smallest absolute Gasteiger partial charge is 0.417 e. The molecule has 0 spiro atoms.